The molecule has 82 valence electrons. The summed E-state index contributed by atoms with van der Waals surface area (Å²) in [7, 11) is 1.54. The fourth-order valence-electron chi connectivity index (χ4n) is 0.991. The molecule has 0 saturated heterocycles. The summed E-state index contributed by atoms with van der Waals surface area (Å²) in [6.45, 7) is 0.140. The van der Waals surface area contributed by atoms with Crippen LogP contribution < -0.4 is 4.74 Å². The van der Waals surface area contributed by atoms with Gasteiger partial charge < -0.3 is 9.47 Å². The van der Waals surface area contributed by atoms with Crippen molar-refractivity contribution in [1.29, 1.82) is 0 Å². The molecule has 0 amide bonds. The molecule has 0 unspecified atom stereocenters. The van der Waals surface area contributed by atoms with E-state index in [0.717, 1.165) is 0 Å². The van der Waals surface area contributed by atoms with Crippen molar-refractivity contribution in [2.24, 2.45) is 0 Å². The van der Waals surface area contributed by atoms with Crippen LogP contribution in [-0.4, -0.2) is 13.9 Å². The van der Waals surface area contributed by atoms with E-state index in [1.165, 1.54) is 7.11 Å². The Morgan fingerprint density at radius 3 is 2.73 bits per heavy atom. The van der Waals surface area contributed by atoms with Gasteiger partial charge in [-0.2, -0.15) is 0 Å². The Balaban J connectivity index is 2.95. The molecule has 0 aromatic heterocycles. The van der Waals surface area contributed by atoms with E-state index in [9.17, 15) is 0 Å². The minimum Gasteiger partial charge on any atom is -0.466 e. The van der Waals surface area contributed by atoms with Crippen LogP contribution in [0, 0.1) is 0 Å². The molecular formula is C10H9Cl3O2. The summed E-state index contributed by atoms with van der Waals surface area (Å²) in [6, 6.07) is 5.31. The van der Waals surface area contributed by atoms with Gasteiger partial charge in [0.15, 0.2) is 6.79 Å². The van der Waals surface area contributed by atoms with E-state index < -0.39 is 0 Å². The monoisotopic (exact) mass is 266 g/mol. The van der Waals surface area contributed by atoms with E-state index in [4.69, 9.17) is 44.3 Å². The number of hydrogen-bond acceptors (Lipinski definition) is 2. The predicted molar refractivity (Wildman–Crippen MR) is 63.6 cm³/mol. The summed E-state index contributed by atoms with van der Waals surface area (Å²) in [6.07, 6.45) is 1.55. The van der Waals surface area contributed by atoms with Crippen molar-refractivity contribution >= 4 is 40.9 Å². The van der Waals surface area contributed by atoms with Gasteiger partial charge in [-0.3, -0.25) is 0 Å². The molecule has 0 saturated carbocycles. The Kier molecular flexibility index (Phi) is 5.26. The Hall–Kier alpha value is -0.410. The highest BCUT2D eigenvalue weighted by Crippen LogP contribution is 2.30. The summed E-state index contributed by atoms with van der Waals surface area (Å²) in [5, 5.41) is 0.452. The molecule has 0 spiro atoms. The van der Waals surface area contributed by atoms with Crippen molar-refractivity contribution in [2.75, 3.05) is 13.9 Å². The van der Waals surface area contributed by atoms with Crippen LogP contribution in [0.1, 0.15) is 5.56 Å². The van der Waals surface area contributed by atoms with Gasteiger partial charge in [0.1, 0.15) is 10.2 Å². The van der Waals surface area contributed by atoms with Gasteiger partial charge in [0, 0.05) is 7.11 Å². The molecule has 0 aliphatic carbocycles. The molecule has 2 nitrogen and oxygen atoms in total. The van der Waals surface area contributed by atoms with E-state index >= 15 is 0 Å². The van der Waals surface area contributed by atoms with Crippen LogP contribution in [-0.2, 0) is 4.74 Å². The van der Waals surface area contributed by atoms with Crippen LogP contribution in [0.25, 0.3) is 6.08 Å². The lowest BCUT2D eigenvalue weighted by atomic mass is 10.2. The first-order valence-electron chi connectivity index (χ1n) is 4.08. The quantitative estimate of drug-likeness (QED) is 0.765. The summed E-state index contributed by atoms with van der Waals surface area (Å²) < 4.78 is 10.2. The largest absolute Gasteiger partial charge is 0.466 e. The number of halogens is 3. The maximum atomic E-state index is 6.05. The zero-order valence-corrected chi connectivity index (χ0v) is 10.2. The molecule has 5 heteroatoms. The molecule has 0 aliphatic rings. The van der Waals surface area contributed by atoms with Gasteiger partial charge in [-0.15, -0.1) is 0 Å². The number of ether oxygens (including phenoxy) is 2. The highest BCUT2D eigenvalue weighted by Gasteiger charge is 2.05. The number of hydrogen-bond donors (Lipinski definition) is 0. The Morgan fingerprint density at radius 2 is 2.13 bits per heavy atom. The zero-order valence-electron chi connectivity index (χ0n) is 7.97. The first-order valence-corrected chi connectivity index (χ1v) is 5.21. The van der Waals surface area contributed by atoms with Gasteiger partial charge in [-0.1, -0.05) is 46.9 Å². The number of rotatable bonds is 4. The van der Waals surface area contributed by atoms with E-state index in [0.29, 0.717) is 16.3 Å². The summed E-state index contributed by atoms with van der Waals surface area (Å²) >= 11 is 17.1. The maximum Gasteiger partial charge on any atom is 0.188 e. The summed E-state index contributed by atoms with van der Waals surface area (Å²) in [4.78, 5) is 0. The predicted octanol–water partition coefficient (Wildman–Crippen LogP) is 4.10. The second kappa shape index (κ2) is 6.23. The van der Waals surface area contributed by atoms with Gasteiger partial charge in [0.05, 0.1) is 5.02 Å². The third-order valence-electron chi connectivity index (χ3n) is 1.59. The lowest BCUT2D eigenvalue weighted by molar-refractivity contribution is 0.0512. The minimum absolute atomic E-state index is 0.140. The Labute approximate surface area is 103 Å². The van der Waals surface area contributed by atoms with E-state index in [1.807, 2.05) is 0 Å². The lowest BCUT2D eigenvalue weighted by Gasteiger charge is -2.08. The zero-order chi connectivity index (χ0) is 11.3. The molecule has 1 aromatic carbocycles. The highest BCUT2D eigenvalue weighted by molar-refractivity contribution is 6.57. The lowest BCUT2D eigenvalue weighted by Crippen LogP contribution is -1.99. The second-order valence-corrected chi connectivity index (χ2v) is 4.03. The van der Waals surface area contributed by atoms with Gasteiger partial charge in [0.25, 0.3) is 0 Å². The third-order valence-corrected chi connectivity index (χ3v) is 2.21. The maximum absolute atomic E-state index is 6.05. The van der Waals surface area contributed by atoms with E-state index in [-0.39, 0.29) is 11.3 Å². The number of benzene rings is 1. The Morgan fingerprint density at radius 1 is 1.40 bits per heavy atom. The molecule has 1 aromatic rings. The Bertz CT molecular complexity index is 360. The van der Waals surface area contributed by atoms with Gasteiger partial charge in [0.2, 0.25) is 0 Å². The van der Waals surface area contributed by atoms with Crippen molar-refractivity contribution in [2.45, 2.75) is 0 Å². The van der Waals surface area contributed by atoms with Gasteiger partial charge in [-0.25, -0.2) is 0 Å². The van der Waals surface area contributed by atoms with Crippen LogP contribution in [0.2, 0.25) is 5.02 Å². The van der Waals surface area contributed by atoms with Crippen LogP contribution in [0.15, 0.2) is 22.7 Å². The molecule has 0 bridgehead atoms. The SMILES string of the molecule is COCOc1cccc(C=C(Cl)Cl)c1Cl. The van der Waals surface area contributed by atoms with Crippen molar-refractivity contribution in [3.8, 4) is 5.75 Å². The van der Waals surface area contributed by atoms with E-state index in [2.05, 4.69) is 0 Å². The number of methoxy groups -OCH3 is 1. The summed E-state index contributed by atoms with van der Waals surface area (Å²) in [5.74, 6) is 0.529. The van der Waals surface area contributed by atoms with Crippen LogP contribution in [0.3, 0.4) is 0 Å². The molecule has 0 N–H and O–H groups in total. The van der Waals surface area contributed by atoms with Crippen LogP contribution in [0.4, 0.5) is 0 Å². The minimum atomic E-state index is 0.140. The van der Waals surface area contributed by atoms with Crippen LogP contribution in [0.5, 0.6) is 5.75 Å². The first kappa shape index (κ1) is 12.7. The van der Waals surface area contributed by atoms with Gasteiger partial charge >= 0.3 is 0 Å². The smallest absolute Gasteiger partial charge is 0.188 e. The average Bonchev–Trinajstić information content (AvgIpc) is 2.19. The topological polar surface area (TPSA) is 18.5 Å². The van der Waals surface area contributed by atoms with Crippen molar-refractivity contribution in [3.63, 3.8) is 0 Å². The van der Waals surface area contributed by atoms with Crippen molar-refractivity contribution in [1.82, 2.24) is 0 Å². The molecule has 0 fully saturated rings. The molecular weight excluding hydrogens is 258 g/mol. The summed E-state index contributed by atoms with van der Waals surface area (Å²) in [5.41, 5.74) is 0.699. The molecule has 1 rings (SSSR count). The normalized spacial score (nSPS) is 9.87. The average molecular weight is 268 g/mol. The molecule has 0 aliphatic heterocycles. The second-order valence-electron chi connectivity index (χ2n) is 2.64. The van der Waals surface area contributed by atoms with Crippen LogP contribution >= 0.6 is 34.8 Å². The van der Waals surface area contributed by atoms with Gasteiger partial charge in [-0.05, 0) is 17.7 Å². The van der Waals surface area contributed by atoms with Crippen molar-refractivity contribution in [3.05, 3.63) is 33.3 Å². The van der Waals surface area contributed by atoms with Crippen molar-refractivity contribution < 1.29 is 9.47 Å². The molecule has 0 radical (unpaired) electrons. The third kappa shape index (κ3) is 3.92. The fourth-order valence-corrected chi connectivity index (χ4v) is 1.46. The highest BCUT2D eigenvalue weighted by atomic mass is 35.5. The fraction of sp³-hybridized carbons (Fsp3) is 0.200. The molecule has 15 heavy (non-hydrogen) atoms. The molecule has 0 atom stereocenters. The standard InChI is InChI=1S/C10H9Cl3O2/c1-14-6-15-8-4-2-3-7(10(8)13)5-9(11)12/h2-5H,6H2,1H3. The first-order chi connectivity index (χ1) is 7.15. The van der Waals surface area contributed by atoms with E-state index in [1.54, 1.807) is 24.3 Å². The molecule has 0 heterocycles.